The Kier molecular flexibility index (Phi) is 4.47. The molecule has 0 atom stereocenters. The third kappa shape index (κ3) is 3.64. The Balaban J connectivity index is 2.39. The molecule has 1 N–H and O–H groups in total. The Morgan fingerprint density at radius 2 is 1.89 bits per heavy atom. The van der Waals surface area contributed by atoms with E-state index in [1.807, 2.05) is 13.0 Å². The fourth-order valence-electron chi connectivity index (χ4n) is 1.51. The van der Waals surface area contributed by atoms with Crippen LogP contribution in [-0.2, 0) is 10.0 Å². The van der Waals surface area contributed by atoms with Gasteiger partial charge in [0.05, 0.1) is 10.0 Å². The van der Waals surface area contributed by atoms with Crippen molar-refractivity contribution in [2.45, 2.75) is 11.8 Å². The SMILES string of the molecule is Cc1cc(Br)cc(NS(=O)(=O)c2cc(Cl)sc2Cl)c1. The Labute approximate surface area is 133 Å². The van der Waals surface area contributed by atoms with E-state index in [-0.39, 0.29) is 9.23 Å². The van der Waals surface area contributed by atoms with E-state index in [0.29, 0.717) is 10.0 Å². The summed E-state index contributed by atoms with van der Waals surface area (Å²) in [6.45, 7) is 1.87. The maximum atomic E-state index is 12.2. The van der Waals surface area contributed by atoms with Crippen LogP contribution in [0.25, 0.3) is 0 Å². The van der Waals surface area contributed by atoms with Gasteiger partial charge in [-0.1, -0.05) is 39.1 Å². The molecule has 1 aromatic carbocycles. The van der Waals surface area contributed by atoms with Crippen molar-refractivity contribution >= 4 is 66.2 Å². The van der Waals surface area contributed by atoms with Crippen LogP contribution in [0.4, 0.5) is 5.69 Å². The molecule has 19 heavy (non-hydrogen) atoms. The molecule has 0 fully saturated rings. The molecular weight excluding hydrogens is 393 g/mol. The Hall–Kier alpha value is -0.270. The van der Waals surface area contributed by atoms with Crippen LogP contribution in [0.5, 0.6) is 0 Å². The van der Waals surface area contributed by atoms with Crippen LogP contribution in [0.15, 0.2) is 33.6 Å². The molecule has 8 heteroatoms. The zero-order valence-electron chi connectivity index (χ0n) is 9.58. The molecule has 0 radical (unpaired) electrons. The third-order valence-corrected chi connectivity index (χ3v) is 5.80. The standard InChI is InChI=1S/C11H8BrCl2NO2S2/c1-6-2-7(12)4-8(3-6)15-19(16,17)9-5-10(13)18-11(9)14/h2-5,15H,1H3. The van der Waals surface area contributed by atoms with Crippen LogP contribution in [0.3, 0.4) is 0 Å². The van der Waals surface area contributed by atoms with Gasteiger partial charge in [0.25, 0.3) is 10.0 Å². The lowest BCUT2D eigenvalue weighted by Crippen LogP contribution is -2.12. The van der Waals surface area contributed by atoms with Gasteiger partial charge >= 0.3 is 0 Å². The molecule has 0 amide bonds. The number of hydrogen-bond acceptors (Lipinski definition) is 3. The number of halogens is 3. The third-order valence-electron chi connectivity index (χ3n) is 2.21. The normalized spacial score (nSPS) is 11.6. The molecule has 2 rings (SSSR count). The van der Waals surface area contributed by atoms with Crippen molar-refractivity contribution in [1.82, 2.24) is 0 Å². The summed E-state index contributed by atoms with van der Waals surface area (Å²) >= 11 is 16.0. The molecule has 3 nitrogen and oxygen atoms in total. The summed E-state index contributed by atoms with van der Waals surface area (Å²) in [5, 5.41) is 0. The van der Waals surface area contributed by atoms with Gasteiger partial charge in [0.1, 0.15) is 9.23 Å². The summed E-state index contributed by atoms with van der Waals surface area (Å²) in [4.78, 5) is -0.0122. The van der Waals surface area contributed by atoms with Crippen molar-refractivity contribution < 1.29 is 8.42 Å². The monoisotopic (exact) mass is 399 g/mol. The topological polar surface area (TPSA) is 46.2 Å². The largest absolute Gasteiger partial charge is 0.280 e. The number of rotatable bonds is 3. The van der Waals surface area contributed by atoms with Crippen LogP contribution >= 0.6 is 50.5 Å². The van der Waals surface area contributed by atoms with Gasteiger partial charge in [-0.3, -0.25) is 4.72 Å². The lowest BCUT2D eigenvalue weighted by Gasteiger charge is -2.08. The summed E-state index contributed by atoms with van der Waals surface area (Å²) in [5.74, 6) is 0. The summed E-state index contributed by atoms with van der Waals surface area (Å²) in [7, 11) is -3.73. The predicted octanol–water partition coefficient (Wildman–Crippen LogP) is 4.93. The molecule has 0 saturated heterocycles. The molecule has 102 valence electrons. The highest BCUT2D eigenvalue weighted by Crippen LogP contribution is 2.35. The van der Waals surface area contributed by atoms with Crippen LogP contribution in [-0.4, -0.2) is 8.42 Å². The Morgan fingerprint density at radius 3 is 2.42 bits per heavy atom. The summed E-state index contributed by atoms with van der Waals surface area (Å²) in [6.07, 6.45) is 0. The second-order valence-electron chi connectivity index (χ2n) is 3.81. The Morgan fingerprint density at radius 1 is 1.21 bits per heavy atom. The summed E-state index contributed by atoms with van der Waals surface area (Å²) < 4.78 is 28.1. The van der Waals surface area contributed by atoms with Crippen molar-refractivity contribution in [3.05, 3.63) is 43.0 Å². The van der Waals surface area contributed by atoms with E-state index in [2.05, 4.69) is 20.7 Å². The number of benzene rings is 1. The van der Waals surface area contributed by atoms with Crippen molar-refractivity contribution in [1.29, 1.82) is 0 Å². The minimum absolute atomic E-state index is 0.0122. The van der Waals surface area contributed by atoms with E-state index in [4.69, 9.17) is 23.2 Å². The second-order valence-corrected chi connectivity index (χ2v) is 8.66. The maximum absolute atomic E-state index is 12.2. The van der Waals surface area contributed by atoms with E-state index in [1.165, 1.54) is 6.07 Å². The predicted molar refractivity (Wildman–Crippen MR) is 84.0 cm³/mol. The van der Waals surface area contributed by atoms with Gasteiger partial charge in [0.15, 0.2) is 0 Å². The Bertz CT molecular complexity index is 708. The van der Waals surface area contributed by atoms with Crippen LogP contribution in [0.2, 0.25) is 8.67 Å². The van der Waals surface area contributed by atoms with Crippen LogP contribution < -0.4 is 4.72 Å². The lowest BCUT2D eigenvalue weighted by atomic mass is 10.2. The number of sulfonamides is 1. The lowest BCUT2D eigenvalue weighted by molar-refractivity contribution is 0.601. The first-order valence-corrected chi connectivity index (χ1v) is 8.87. The smallest absolute Gasteiger partial charge is 0.264 e. The molecule has 0 saturated carbocycles. The molecule has 2 aromatic rings. The van der Waals surface area contributed by atoms with Crippen molar-refractivity contribution in [3.63, 3.8) is 0 Å². The maximum Gasteiger partial charge on any atom is 0.264 e. The second kappa shape index (κ2) is 5.61. The molecule has 0 aliphatic heterocycles. The van der Waals surface area contributed by atoms with Gasteiger partial charge in [-0.05, 0) is 36.8 Å². The highest BCUT2D eigenvalue weighted by Gasteiger charge is 2.21. The average Bonchev–Trinajstić information content (AvgIpc) is 2.56. The van der Waals surface area contributed by atoms with Gasteiger partial charge in [0.2, 0.25) is 0 Å². The van der Waals surface area contributed by atoms with Gasteiger partial charge in [-0.15, -0.1) is 11.3 Å². The highest BCUT2D eigenvalue weighted by molar-refractivity contribution is 9.10. The summed E-state index contributed by atoms with van der Waals surface area (Å²) in [5.41, 5.74) is 1.40. The first-order valence-electron chi connectivity index (χ1n) is 5.03. The van der Waals surface area contributed by atoms with Gasteiger partial charge in [0, 0.05) is 4.47 Å². The van der Waals surface area contributed by atoms with Crippen LogP contribution in [0.1, 0.15) is 5.56 Å². The van der Waals surface area contributed by atoms with Crippen molar-refractivity contribution in [2.75, 3.05) is 4.72 Å². The highest BCUT2D eigenvalue weighted by atomic mass is 79.9. The van der Waals surface area contributed by atoms with E-state index in [0.717, 1.165) is 21.4 Å². The minimum Gasteiger partial charge on any atom is -0.280 e. The van der Waals surface area contributed by atoms with Gasteiger partial charge in [-0.2, -0.15) is 0 Å². The molecule has 0 spiro atoms. The molecule has 0 unspecified atom stereocenters. The first kappa shape index (κ1) is 15.1. The number of hydrogen-bond donors (Lipinski definition) is 1. The summed E-state index contributed by atoms with van der Waals surface area (Å²) in [6, 6.07) is 6.62. The molecule has 0 aliphatic carbocycles. The quantitative estimate of drug-likeness (QED) is 0.793. The molecular formula is C11H8BrCl2NO2S2. The zero-order chi connectivity index (χ0) is 14.2. The number of anilines is 1. The van der Waals surface area contributed by atoms with Crippen LogP contribution in [0, 0.1) is 6.92 Å². The van der Waals surface area contributed by atoms with Crippen molar-refractivity contribution in [2.24, 2.45) is 0 Å². The minimum atomic E-state index is -3.73. The van der Waals surface area contributed by atoms with E-state index in [1.54, 1.807) is 12.1 Å². The van der Waals surface area contributed by atoms with E-state index in [9.17, 15) is 8.42 Å². The van der Waals surface area contributed by atoms with Gasteiger partial charge < -0.3 is 0 Å². The fraction of sp³-hybridized carbons (Fsp3) is 0.0909. The molecule has 0 aliphatic rings. The van der Waals surface area contributed by atoms with Gasteiger partial charge in [-0.25, -0.2) is 8.42 Å². The average molecular weight is 401 g/mol. The number of aryl methyl sites for hydroxylation is 1. The fourth-order valence-corrected chi connectivity index (χ4v) is 5.31. The van der Waals surface area contributed by atoms with Crippen molar-refractivity contribution in [3.8, 4) is 0 Å². The van der Waals surface area contributed by atoms with E-state index >= 15 is 0 Å². The molecule has 1 heterocycles. The molecule has 0 bridgehead atoms. The first-order chi connectivity index (χ1) is 8.78. The number of thiophene rings is 1. The van der Waals surface area contributed by atoms with E-state index < -0.39 is 10.0 Å². The zero-order valence-corrected chi connectivity index (χ0v) is 14.3. The molecule has 1 aromatic heterocycles. The number of nitrogens with one attached hydrogen (secondary N) is 1.